The Morgan fingerprint density at radius 3 is 2.92 bits per heavy atom. The molecule has 1 fully saturated rings. The van der Waals surface area contributed by atoms with Crippen LogP contribution in [0.25, 0.3) is 0 Å². The molecule has 2 unspecified atom stereocenters. The van der Waals surface area contributed by atoms with Gasteiger partial charge in [-0.3, -0.25) is 0 Å². The molecule has 0 nitrogen and oxygen atoms in total. The van der Waals surface area contributed by atoms with E-state index in [1.807, 2.05) is 0 Å². The van der Waals surface area contributed by atoms with Gasteiger partial charge in [-0.1, -0.05) is 44.6 Å². The summed E-state index contributed by atoms with van der Waals surface area (Å²) in [6.45, 7) is 6.93. The van der Waals surface area contributed by atoms with E-state index in [1.165, 1.54) is 12.8 Å². The Morgan fingerprint density at radius 2 is 2.33 bits per heavy atom. The quantitative estimate of drug-likeness (QED) is 0.582. The van der Waals surface area contributed by atoms with Gasteiger partial charge in [0.25, 0.3) is 0 Å². The summed E-state index contributed by atoms with van der Waals surface area (Å²) in [5.74, 6) is 1.67. The molecule has 0 spiro atoms. The van der Waals surface area contributed by atoms with Crippen LogP contribution in [0.4, 0.5) is 0 Å². The van der Waals surface area contributed by atoms with E-state index in [1.54, 1.807) is 5.57 Å². The van der Waals surface area contributed by atoms with Crippen LogP contribution in [-0.2, 0) is 0 Å². The molecule has 0 aromatic heterocycles. The topological polar surface area (TPSA) is 0 Å². The first-order valence-corrected chi connectivity index (χ1v) is 5.00. The second kappa shape index (κ2) is 2.48. The molecule has 0 radical (unpaired) electrons. The zero-order valence-corrected chi connectivity index (χ0v) is 8.30. The van der Waals surface area contributed by atoms with E-state index >= 15 is 0 Å². The summed E-state index contributed by atoms with van der Waals surface area (Å²) in [6.07, 6.45) is 9.87. The van der Waals surface area contributed by atoms with Gasteiger partial charge in [0.05, 0.1) is 0 Å². The predicted molar refractivity (Wildman–Crippen MR) is 52.9 cm³/mol. The van der Waals surface area contributed by atoms with Gasteiger partial charge in [0.1, 0.15) is 0 Å². The molecule has 0 heteroatoms. The van der Waals surface area contributed by atoms with Gasteiger partial charge in [-0.2, -0.15) is 0 Å². The molecule has 1 saturated carbocycles. The first-order chi connectivity index (χ1) is 5.60. The van der Waals surface area contributed by atoms with E-state index in [2.05, 4.69) is 39.0 Å². The fraction of sp³-hybridized carbons (Fsp3) is 0.667. The average Bonchev–Trinajstić information content (AvgIpc) is 2.59. The van der Waals surface area contributed by atoms with Crippen molar-refractivity contribution in [2.24, 2.45) is 17.3 Å². The van der Waals surface area contributed by atoms with E-state index < -0.39 is 0 Å². The number of hydrogen-bond donors (Lipinski definition) is 0. The first-order valence-electron chi connectivity index (χ1n) is 5.00. The standard InChI is InChI=1S/C12H18/c1-9(2)6-10-4-5-12(3)8-11(12)7-10/h4-5,7,9,11H,6,8H2,1-3H3. The number of hydrogen-bond acceptors (Lipinski definition) is 0. The van der Waals surface area contributed by atoms with Gasteiger partial charge in [0.2, 0.25) is 0 Å². The third-order valence-electron chi connectivity index (χ3n) is 3.08. The molecule has 0 saturated heterocycles. The van der Waals surface area contributed by atoms with E-state index in [0.29, 0.717) is 5.41 Å². The van der Waals surface area contributed by atoms with Gasteiger partial charge < -0.3 is 0 Å². The van der Waals surface area contributed by atoms with Crippen molar-refractivity contribution in [1.29, 1.82) is 0 Å². The Morgan fingerprint density at radius 1 is 1.58 bits per heavy atom. The largest absolute Gasteiger partial charge is 0.0777 e. The zero-order chi connectivity index (χ0) is 8.77. The van der Waals surface area contributed by atoms with Gasteiger partial charge in [-0.15, -0.1) is 0 Å². The molecular formula is C12H18. The van der Waals surface area contributed by atoms with Crippen LogP contribution in [0, 0.1) is 17.3 Å². The minimum absolute atomic E-state index is 0.556. The Kier molecular flexibility index (Phi) is 1.67. The third-order valence-corrected chi connectivity index (χ3v) is 3.08. The highest BCUT2D eigenvalue weighted by Crippen LogP contribution is 2.56. The second-order valence-electron chi connectivity index (χ2n) is 4.99. The van der Waals surface area contributed by atoms with Crippen LogP contribution in [-0.4, -0.2) is 0 Å². The second-order valence-corrected chi connectivity index (χ2v) is 4.99. The summed E-state index contributed by atoms with van der Waals surface area (Å²) in [6, 6.07) is 0. The molecule has 12 heavy (non-hydrogen) atoms. The highest BCUT2D eigenvalue weighted by atomic mass is 14.5. The summed E-state index contributed by atoms with van der Waals surface area (Å²) in [5.41, 5.74) is 2.12. The van der Waals surface area contributed by atoms with Gasteiger partial charge in [-0.25, -0.2) is 0 Å². The summed E-state index contributed by atoms with van der Waals surface area (Å²) in [5, 5.41) is 0. The van der Waals surface area contributed by atoms with Crippen LogP contribution in [0.5, 0.6) is 0 Å². The maximum atomic E-state index is 2.49. The van der Waals surface area contributed by atoms with Crippen molar-refractivity contribution >= 4 is 0 Å². The monoisotopic (exact) mass is 162 g/mol. The molecule has 0 N–H and O–H groups in total. The van der Waals surface area contributed by atoms with E-state index in [4.69, 9.17) is 0 Å². The van der Waals surface area contributed by atoms with Crippen LogP contribution in [0.15, 0.2) is 23.8 Å². The van der Waals surface area contributed by atoms with Crippen molar-refractivity contribution in [3.05, 3.63) is 23.8 Å². The van der Waals surface area contributed by atoms with Gasteiger partial charge >= 0.3 is 0 Å². The molecule has 66 valence electrons. The molecule has 2 aliphatic carbocycles. The van der Waals surface area contributed by atoms with Crippen molar-refractivity contribution in [1.82, 2.24) is 0 Å². The normalized spacial score (nSPS) is 38.0. The van der Waals surface area contributed by atoms with Crippen LogP contribution >= 0.6 is 0 Å². The van der Waals surface area contributed by atoms with Gasteiger partial charge in [0.15, 0.2) is 0 Å². The molecule has 0 amide bonds. The highest BCUT2D eigenvalue weighted by molar-refractivity contribution is 5.34. The molecule has 0 aromatic carbocycles. The minimum atomic E-state index is 0.556. The summed E-state index contributed by atoms with van der Waals surface area (Å²) in [7, 11) is 0. The van der Waals surface area contributed by atoms with Gasteiger partial charge in [0, 0.05) is 0 Å². The fourth-order valence-electron chi connectivity index (χ4n) is 2.07. The fourth-order valence-corrected chi connectivity index (χ4v) is 2.07. The van der Waals surface area contributed by atoms with Crippen molar-refractivity contribution in [3.63, 3.8) is 0 Å². The lowest BCUT2D eigenvalue weighted by Gasteiger charge is -2.12. The molecule has 2 rings (SSSR count). The molecule has 0 aromatic rings. The molecule has 0 heterocycles. The Balaban J connectivity index is 2.03. The Labute approximate surface area is 75.4 Å². The van der Waals surface area contributed by atoms with Crippen LogP contribution in [0.3, 0.4) is 0 Å². The lowest BCUT2D eigenvalue weighted by Crippen LogP contribution is -1.99. The molecule has 2 atom stereocenters. The molecule has 0 bridgehead atoms. The van der Waals surface area contributed by atoms with Crippen molar-refractivity contribution in [2.75, 3.05) is 0 Å². The lowest BCUT2D eigenvalue weighted by molar-refractivity contribution is 0.630. The first kappa shape index (κ1) is 8.10. The van der Waals surface area contributed by atoms with E-state index in [0.717, 1.165) is 11.8 Å². The summed E-state index contributed by atoms with van der Waals surface area (Å²) < 4.78 is 0. The minimum Gasteiger partial charge on any atom is -0.0777 e. The maximum absolute atomic E-state index is 2.49. The Bertz CT molecular complexity index is 245. The molecule has 0 aliphatic heterocycles. The van der Waals surface area contributed by atoms with Crippen LogP contribution in [0.2, 0.25) is 0 Å². The van der Waals surface area contributed by atoms with Crippen molar-refractivity contribution < 1.29 is 0 Å². The maximum Gasteiger partial charge on any atom is -0.00741 e. The smallest absolute Gasteiger partial charge is 0.00741 e. The molecule has 2 aliphatic rings. The average molecular weight is 162 g/mol. The predicted octanol–water partition coefficient (Wildman–Crippen LogP) is 3.55. The lowest BCUT2D eigenvalue weighted by atomic mass is 9.93. The van der Waals surface area contributed by atoms with Crippen LogP contribution < -0.4 is 0 Å². The van der Waals surface area contributed by atoms with E-state index in [-0.39, 0.29) is 0 Å². The number of rotatable bonds is 2. The summed E-state index contributed by atoms with van der Waals surface area (Å²) in [4.78, 5) is 0. The van der Waals surface area contributed by atoms with Crippen molar-refractivity contribution in [3.8, 4) is 0 Å². The summed E-state index contributed by atoms with van der Waals surface area (Å²) >= 11 is 0. The van der Waals surface area contributed by atoms with E-state index in [9.17, 15) is 0 Å². The van der Waals surface area contributed by atoms with Crippen molar-refractivity contribution in [2.45, 2.75) is 33.6 Å². The third kappa shape index (κ3) is 1.35. The van der Waals surface area contributed by atoms with Crippen LogP contribution in [0.1, 0.15) is 33.6 Å². The number of fused-ring (bicyclic) bond motifs is 1. The van der Waals surface area contributed by atoms with Gasteiger partial charge in [-0.05, 0) is 30.1 Å². The highest BCUT2D eigenvalue weighted by Gasteiger charge is 2.47. The number of allylic oxidation sites excluding steroid dienone is 4. The molecular weight excluding hydrogens is 144 g/mol. The zero-order valence-electron chi connectivity index (χ0n) is 8.30. The Hall–Kier alpha value is -0.520. The SMILES string of the molecule is CC(C)CC1=CC2CC2(C)C=C1.